The van der Waals surface area contributed by atoms with E-state index >= 15 is 0 Å². The molecule has 2 aromatic heterocycles. The number of halogens is 1. The molecule has 0 spiro atoms. The molecule has 0 radical (unpaired) electrons. The number of pyridine rings is 1. The summed E-state index contributed by atoms with van der Waals surface area (Å²) in [6.07, 6.45) is 8.24. The van der Waals surface area contributed by atoms with Gasteiger partial charge in [0.25, 0.3) is 0 Å². The Kier molecular flexibility index (Phi) is 4.12. The number of likely N-dealkylation sites (N-methyl/N-ethyl adjacent to an activating group) is 1. The highest BCUT2D eigenvalue weighted by molar-refractivity contribution is 6.31. The van der Waals surface area contributed by atoms with Crippen LogP contribution < -0.4 is 5.32 Å². The number of hydrogen-bond acceptors (Lipinski definition) is 3. The van der Waals surface area contributed by atoms with Crippen LogP contribution in [-0.4, -0.2) is 28.1 Å². The fourth-order valence-corrected chi connectivity index (χ4v) is 1.78. The van der Waals surface area contributed by atoms with E-state index in [9.17, 15) is 0 Å². The third-order valence-electron chi connectivity index (χ3n) is 2.53. The normalized spacial score (nSPS) is 10.7. The molecule has 5 heteroatoms. The zero-order chi connectivity index (χ0) is 12.1. The summed E-state index contributed by atoms with van der Waals surface area (Å²) < 4.78 is 2.03. The molecule has 0 atom stereocenters. The maximum atomic E-state index is 6.06. The van der Waals surface area contributed by atoms with Gasteiger partial charge in [-0.1, -0.05) is 11.6 Å². The zero-order valence-corrected chi connectivity index (χ0v) is 10.5. The molecular weight excluding hydrogens is 236 g/mol. The van der Waals surface area contributed by atoms with E-state index in [4.69, 9.17) is 11.6 Å². The van der Waals surface area contributed by atoms with Crippen molar-refractivity contribution in [1.29, 1.82) is 0 Å². The van der Waals surface area contributed by atoms with Crippen LogP contribution in [0.15, 0.2) is 31.0 Å². The van der Waals surface area contributed by atoms with Crippen LogP contribution in [0.4, 0.5) is 0 Å². The Morgan fingerprint density at radius 3 is 3.12 bits per heavy atom. The van der Waals surface area contributed by atoms with E-state index in [1.165, 1.54) is 0 Å². The SMILES string of the molecule is CNCCc1cn(Cc2ccncc2Cl)cn1. The van der Waals surface area contributed by atoms with Gasteiger partial charge >= 0.3 is 0 Å². The summed E-state index contributed by atoms with van der Waals surface area (Å²) in [4.78, 5) is 8.31. The van der Waals surface area contributed by atoms with Crippen molar-refractivity contribution < 1.29 is 0 Å². The maximum absolute atomic E-state index is 6.06. The molecule has 0 fully saturated rings. The summed E-state index contributed by atoms with van der Waals surface area (Å²) in [7, 11) is 1.94. The predicted octanol–water partition coefficient (Wildman–Crippen LogP) is 1.74. The maximum Gasteiger partial charge on any atom is 0.0952 e. The molecular formula is C12H15ClN4. The second-order valence-corrected chi connectivity index (χ2v) is 4.27. The lowest BCUT2D eigenvalue weighted by Gasteiger charge is -2.03. The Morgan fingerprint density at radius 1 is 1.47 bits per heavy atom. The molecule has 2 aromatic rings. The molecule has 90 valence electrons. The lowest BCUT2D eigenvalue weighted by Crippen LogP contribution is -2.10. The number of aromatic nitrogens is 3. The van der Waals surface area contributed by atoms with Crippen LogP contribution >= 0.6 is 11.6 Å². The number of hydrogen-bond donors (Lipinski definition) is 1. The largest absolute Gasteiger partial charge is 0.333 e. The highest BCUT2D eigenvalue weighted by atomic mass is 35.5. The van der Waals surface area contributed by atoms with Gasteiger partial charge < -0.3 is 9.88 Å². The van der Waals surface area contributed by atoms with Crippen molar-refractivity contribution >= 4 is 11.6 Å². The van der Waals surface area contributed by atoms with Gasteiger partial charge in [-0.25, -0.2) is 4.98 Å². The van der Waals surface area contributed by atoms with Crippen LogP contribution in [0.1, 0.15) is 11.3 Å². The van der Waals surface area contributed by atoms with Crippen molar-refractivity contribution in [3.8, 4) is 0 Å². The van der Waals surface area contributed by atoms with Gasteiger partial charge in [0, 0.05) is 31.6 Å². The van der Waals surface area contributed by atoms with E-state index in [0.717, 1.165) is 30.8 Å². The summed E-state index contributed by atoms with van der Waals surface area (Å²) in [5, 5.41) is 3.80. The van der Waals surface area contributed by atoms with Gasteiger partial charge in [0.05, 0.1) is 23.6 Å². The van der Waals surface area contributed by atoms with E-state index in [1.54, 1.807) is 12.4 Å². The smallest absolute Gasteiger partial charge is 0.0952 e. The molecule has 4 nitrogen and oxygen atoms in total. The van der Waals surface area contributed by atoms with Crippen LogP contribution in [0.2, 0.25) is 5.02 Å². The third-order valence-corrected chi connectivity index (χ3v) is 2.87. The quantitative estimate of drug-likeness (QED) is 0.879. The first-order valence-electron chi connectivity index (χ1n) is 5.53. The topological polar surface area (TPSA) is 42.7 Å². The first-order chi connectivity index (χ1) is 8.29. The fourth-order valence-electron chi connectivity index (χ4n) is 1.60. The molecule has 2 heterocycles. The predicted molar refractivity (Wildman–Crippen MR) is 68.2 cm³/mol. The van der Waals surface area contributed by atoms with Crippen LogP contribution in [0.25, 0.3) is 0 Å². The minimum atomic E-state index is 0.693. The average Bonchev–Trinajstić information content (AvgIpc) is 2.77. The molecule has 0 saturated carbocycles. The van der Waals surface area contributed by atoms with E-state index in [2.05, 4.69) is 15.3 Å². The molecule has 0 aliphatic heterocycles. The van der Waals surface area contributed by atoms with Gasteiger partial charge in [-0.15, -0.1) is 0 Å². The second kappa shape index (κ2) is 5.80. The number of nitrogens with zero attached hydrogens (tertiary/aromatic N) is 3. The van der Waals surface area contributed by atoms with Crippen LogP contribution in [0.3, 0.4) is 0 Å². The highest BCUT2D eigenvalue weighted by Gasteiger charge is 2.02. The number of imidazole rings is 1. The van der Waals surface area contributed by atoms with Gasteiger partial charge in [-0.2, -0.15) is 0 Å². The Balaban J connectivity index is 2.04. The Labute approximate surface area is 106 Å². The molecule has 2 rings (SSSR count). The Morgan fingerprint density at radius 2 is 2.35 bits per heavy atom. The zero-order valence-electron chi connectivity index (χ0n) is 9.73. The van der Waals surface area contributed by atoms with Crippen molar-refractivity contribution in [2.75, 3.05) is 13.6 Å². The average molecular weight is 251 g/mol. The molecule has 0 unspecified atom stereocenters. The van der Waals surface area contributed by atoms with Gasteiger partial charge in [-0.05, 0) is 18.7 Å². The first-order valence-corrected chi connectivity index (χ1v) is 5.91. The monoisotopic (exact) mass is 250 g/mol. The molecule has 1 N–H and O–H groups in total. The van der Waals surface area contributed by atoms with Crippen LogP contribution in [0.5, 0.6) is 0 Å². The van der Waals surface area contributed by atoms with E-state index in [1.807, 2.05) is 30.2 Å². The van der Waals surface area contributed by atoms with Crippen molar-refractivity contribution in [2.45, 2.75) is 13.0 Å². The lowest BCUT2D eigenvalue weighted by molar-refractivity contribution is 0.773. The summed E-state index contributed by atoms with van der Waals surface area (Å²) in [5.74, 6) is 0. The van der Waals surface area contributed by atoms with Crippen LogP contribution in [-0.2, 0) is 13.0 Å². The third kappa shape index (κ3) is 3.28. The summed E-state index contributed by atoms with van der Waals surface area (Å²) in [6.45, 7) is 1.67. The molecule has 0 aliphatic carbocycles. The Hall–Kier alpha value is -1.39. The molecule has 17 heavy (non-hydrogen) atoms. The van der Waals surface area contributed by atoms with E-state index in [-0.39, 0.29) is 0 Å². The molecule has 0 saturated heterocycles. The lowest BCUT2D eigenvalue weighted by atomic mass is 10.2. The molecule has 0 bridgehead atoms. The standard InChI is InChI=1S/C12H15ClN4/c1-14-4-3-11-8-17(9-16-11)7-10-2-5-15-6-12(10)13/h2,5-6,8-9,14H,3-4,7H2,1H3. The second-order valence-electron chi connectivity index (χ2n) is 3.86. The van der Waals surface area contributed by atoms with Gasteiger partial charge in [0.2, 0.25) is 0 Å². The van der Waals surface area contributed by atoms with E-state index < -0.39 is 0 Å². The van der Waals surface area contributed by atoms with Gasteiger partial charge in [0.1, 0.15) is 0 Å². The van der Waals surface area contributed by atoms with Crippen molar-refractivity contribution in [3.05, 3.63) is 47.3 Å². The van der Waals surface area contributed by atoms with E-state index in [0.29, 0.717) is 5.02 Å². The summed E-state index contributed by atoms with van der Waals surface area (Å²) in [5.41, 5.74) is 2.14. The fraction of sp³-hybridized carbons (Fsp3) is 0.333. The number of rotatable bonds is 5. The minimum Gasteiger partial charge on any atom is -0.333 e. The highest BCUT2D eigenvalue weighted by Crippen LogP contribution is 2.14. The number of nitrogens with one attached hydrogen (secondary N) is 1. The van der Waals surface area contributed by atoms with Crippen molar-refractivity contribution in [1.82, 2.24) is 19.9 Å². The Bertz CT molecular complexity index is 481. The minimum absolute atomic E-state index is 0.693. The molecule has 0 aromatic carbocycles. The van der Waals surface area contributed by atoms with Crippen molar-refractivity contribution in [2.24, 2.45) is 0 Å². The van der Waals surface area contributed by atoms with Gasteiger partial charge in [0.15, 0.2) is 0 Å². The molecule has 0 aliphatic rings. The molecule has 0 amide bonds. The van der Waals surface area contributed by atoms with Crippen molar-refractivity contribution in [3.63, 3.8) is 0 Å². The summed E-state index contributed by atoms with van der Waals surface area (Å²) >= 11 is 6.06. The summed E-state index contributed by atoms with van der Waals surface area (Å²) in [6, 6.07) is 1.93. The first kappa shape index (κ1) is 12.1. The van der Waals surface area contributed by atoms with Crippen LogP contribution in [0, 0.1) is 0 Å². The van der Waals surface area contributed by atoms with Gasteiger partial charge in [-0.3, -0.25) is 4.98 Å².